The van der Waals surface area contributed by atoms with Gasteiger partial charge in [0, 0.05) is 29.5 Å². The standard InChI is InChI=1S/C12H14O4/c1-6(13)9-7-2-4-16-12(7)10(14)8-3-5-15-11(8)9/h6,13-14H,2-5H2,1H3. The first-order valence-corrected chi connectivity index (χ1v) is 5.54. The molecule has 2 heterocycles. The molecule has 0 spiro atoms. The molecule has 4 nitrogen and oxygen atoms in total. The Hall–Kier alpha value is -1.42. The molecule has 1 aromatic carbocycles. The van der Waals surface area contributed by atoms with Gasteiger partial charge in [-0.1, -0.05) is 0 Å². The number of ether oxygens (including phenoxy) is 2. The molecule has 0 fully saturated rings. The summed E-state index contributed by atoms with van der Waals surface area (Å²) >= 11 is 0. The molecular formula is C12H14O4. The van der Waals surface area contributed by atoms with Crippen LogP contribution in [0.4, 0.5) is 0 Å². The van der Waals surface area contributed by atoms with E-state index in [1.807, 2.05) is 0 Å². The predicted octanol–water partition coefficient (Wildman–Crippen LogP) is 1.32. The lowest BCUT2D eigenvalue weighted by Crippen LogP contribution is -2.01. The van der Waals surface area contributed by atoms with E-state index >= 15 is 0 Å². The van der Waals surface area contributed by atoms with Crippen LogP contribution in [0.2, 0.25) is 0 Å². The van der Waals surface area contributed by atoms with Gasteiger partial charge >= 0.3 is 0 Å². The third-order valence-corrected chi connectivity index (χ3v) is 3.23. The van der Waals surface area contributed by atoms with Crippen molar-refractivity contribution in [2.45, 2.75) is 25.9 Å². The Morgan fingerprint density at radius 3 is 2.38 bits per heavy atom. The van der Waals surface area contributed by atoms with Crippen LogP contribution in [-0.4, -0.2) is 23.4 Å². The summed E-state index contributed by atoms with van der Waals surface area (Å²) in [6, 6.07) is 0. The van der Waals surface area contributed by atoms with Crippen molar-refractivity contribution in [3.63, 3.8) is 0 Å². The van der Waals surface area contributed by atoms with E-state index in [4.69, 9.17) is 9.47 Å². The van der Waals surface area contributed by atoms with Gasteiger partial charge in [-0.25, -0.2) is 0 Å². The van der Waals surface area contributed by atoms with Gasteiger partial charge < -0.3 is 19.7 Å². The Morgan fingerprint density at radius 2 is 1.69 bits per heavy atom. The van der Waals surface area contributed by atoms with Gasteiger partial charge in [0.15, 0.2) is 11.5 Å². The van der Waals surface area contributed by atoms with Crippen LogP contribution in [0.25, 0.3) is 0 Å². The third-order valence-electron chi connectivity index (χ3n) is 3.23. The van der Waals surface area contributed by atoms with Crippen LogP contribution in [0.3, 0.4) is 0 Å². The number of phenols is 1. The van der Waals surface area contributed by atoms with Gasteiger partial charge in [0.2, 0.25) is 0 Å². The number of aliphatic hydroxyl groups is 1. The lowest BCUT2D eigenvalue weighted by atomic mass is 9.95. The zero-order chi connectivity index (χ0) is 11.3. The van der Waals surface area contributed by atoms with Crippen LogP contribution >= 0.6 is 0 Å². The molecule has 4 heteroatoms. The minimum Gasteiger partial charge on any atom is -0.504 e. The van der Waals surface area contributed by atoms with Gasteiger partial charge in [-0.15, -0.1) is 0 Å². The summed E-state index contributed by atoms with van der Waals surface area (Å²) in [5.74, 6) is 1.40. The average Bonchev–Trinajstić information content (AvgIpc) is 2.84. The summed E-state index contributed by atoms with van der Waals surface area (Å²) in [6.07, 6.45) is 0.806. The quantitative estimate of drug-likeness (QED) is 0.752. The fraction of sp³-hybridized carbons (Fsp3) is 0.500. The third kappa shape index (κ3) is 1.13. The van der Waals surface area contributed by atoms with Crippen LogP contribution < -0.4 is 9.47 Å². The van der Waals surface area contributed by atoms with Gasteiger partial charge in [0.1, 0.15) is 5.75 Å². The van der Waals surface area contributed by atoms with E-state index in [-0.39, 0.29) is 5.75 Å². The van der Waals surface area contributed by atoms with E-state index in [0.717, 1.165) is 23.1 Å². The van der Waals surface area contributed by atoms with E-state index in [1.54, 1.807) is 6.92 Å². The Bertz CT molecular complexity index is 416. The Kier molecular flexibility index (Phi) is 2.01. The molecule has 1 atom stereocenters. The molecule has 2 N–H and O–H groups in total. The van der Waals surface area contributed by atoms with Gasteiger partial charge in [0.05, 0.1) is 19.3 Å². The fourth-order valence-electron chi connectivity index (χ4n) is 2.56. The Balaban J connectivity index is 2.31. The molecule has 3 rings (SSSR count). The van der Waals surface area contributed by atoms with E-state index in [9.17, 15) is 10.2 Å². The maximum atomic E-state index is 10.1. The minimum absolute atomic E-state index is 0.199. The van der Waals surface area contributed by atoms with Crippen LogP contribution in [0.15, 0.2) is 0 Å². The van der Waals surface area contributed by atoms with Crippen molar-refractivity contribution in [2.24, 2.45) is 0 Å². The SMILES string of the molecule is CC(O)c1c2c(c(O)c3c1OCC3)OCC2. The van der Waals surface area contributed by atoms with Crippen molar-refractivity contribution < 1.29 is 19.7 Å². The highest BCUT2D eigenvalue weighted by Gasteiger charge is 2.32. The van der Waals surface area contributed by atoms with E-state index in [2.05, 4.69) is 0 Å². The van der Waals surface area contributed by atoms with Gasteiger partial charge in [-0.3, -0.25) is 0 Å². The summed E-state index contributed by atoms with van der Waals surface area (Å²) in [5.41, 5.74) is 2.46. The Morgan fingerprint density at radius 1 is 1.06 bits per heavy atom. The zero-order valence-corrected chi connectivity index (χ0v) is 9.12. The van der Waals surface area contributed by atoms with Crippen molar-refractivity contribution >= 4 is 0 Å². The number of hydrogen-bond acceptors (Lipinski definition) is 4. The first-order valence-electron chi connectivity index (χ1n) is 5.54. The van der Waals surface area contributed by atoms with Gasteiger partial charge in [-0.05, 0) is 6.92 Å². The van der Waals surface area contributed by atoms with Crippen LogP contribution in [0.5, 0.6) is 17.2 Å². The topological polar surface area (TPSA) is 58.9 Å². The van der Waals surface area contributed by atoms with E-state index in [1.165, 1.54) is 0 Å². The van der Waals surface area contributed by atoms with Gasteiger partial charge in [0.25, 0.3) is 0 Å². The summed E-state index contributed by atoms with van der Waals surface area (Å²) in [7, 11) is 0. The molecule has 0 radical (unpaired) electrons. The van der Waals surface area contributed by atoms with Crippen LogP contribution in [0.1, 0.15) is 29.7 Å². The van der Waals surface area contributed by atoms with Crippen LogP contribution in [-0.2, 0) is 12.8 Å². The molecule has 0 aliphatic carbocycles. The van der Waals surface area contributed by atoms with E-state index < -0.39 is 6.10 Å². The number of aliphatic hydroxyl groups excluding tert-OH is 1. The number of fused-ring (bicyclic) bond motifs is 2. The maximum Gasteiger partial charge on any atom is 0.165 e. The number of rotatable bonds is 1. The smallest absolute Gasteiger partial charge is 0.165 e. The monoisotopic (exact) mass is 222 g/mol. The second-order valence-corrected chi connectivity index (χ2v) is 4.25. The number of hydrogen-bond donors (Lipinski definition) is 2. The molecule has 0 bridgehead atoms. The van der Waals surface area contributed by atoms with Crippen molar-refractivity contribution in [2.75, 3.05) is 13.2 Å². The molecule has 0 saturated carbocycles. The molecule has 1 aromatic rings. The lowest BCUT2D eigenvalue weighted by molar-refractivity contribution is 0.192. The molecule has 0 saturated heterocycles. The fourth-order valence-corrected chi connectivity index (χ4v) is 2.56. The molecule has 86 valence electrons. The number of aromatic hydroxyl groups is 1. The second kappa shape index (κ2) is 3.28. The highest BCUT2D eigenvalue weighted by Crippen LogP contribution is 2.50. The molecule has 2 aliphatic rings. The highest BCUT2D eigenvalue weighted by molar-refractivity contribution is 5.65. The first-order chi connectivity index (χ1) is 7.70. The maximum absolute atomic E-state index is 10.1. The Labute approximate surface area is 93.4 Å². The van der Waals surface area contributed by atoms with Crippen LogP contribution in [0, 0.1) is 0 Å². The van der Waals surface area contributed by atoms with Crippen molar-refractivity contribution in [3.05, 3.63) is 16.7 Å². The molecule has 1 unspecified atom stereocenters. The molecule has 2 aliphatic heterocycles. The van der Waals surface area contributed by atoms with Gasteiger partial charge in [-0.2, -0.15) is 0 Å². The van der Waals surface area contributed by atoms with E-state index in [0.29, 0.717) is 31.1 Å². The zero-order valence-electron chi connectivity index (χ0n) is 9.12. The molecule has 0 aromatic heterocycles. The summed E-state index contributed by atoms with van der Waals surface area (Å²) < 4.78 is 11.0. The summed E-state index contributed by atoms with van der Waals surface area (Å²) in [4.78, 5) is 0. The lowest BCUT2D eigenvalue weighted by Gasteiger charge is -2.16. The predicted molar refractivity (Wildman–Crippen MR) is 57.1 cm³/mol. The first kappa shape index (κ1) is 9.78. The highest BCUT2D eigenvalue weighted by atomic mass is 16.5. The molecule has 16 heavy (non-hydrogen) atoms. The minimum atomic E-state index is -0.595. The summed E-state index contributed by atoms with van der Waals surface area (Å²) in [5, 5.41) is 19.9. The second-order valence-electron chi connectivity index (χ2n) is 4.25. The number of benzene rings is 1. The van der Waals surface area contributed by atoms with Crippen molar-refractivity contribution in [1.82, 2.24) is 0 Å². The summed E-state index contributed by atoms with van der Waals surface area (Å²) in [6.45, 7) is 2.84. The average molecular weight is 222 g/mol. The normalized spacial score (nSPS) is 18.6. The van der Waals surface area contributed by atoms with Crippen molar-refractivity contribution in [3.8, 4) is 17.2 Å². The molecular weight excluding hydrogens is 208 g/mol. The molecule has 0 amide bonds. The largest absolute Gasteiger partial charge is 0.504 e. The number of phenolic OH excluding ortho intramolecular Hbond substituents is 1. The van der Waals surface area contributed by atoms with Crippen molar-refractivity contribution in [1.29, 1.82) is 0 Å².